The molecule has 0 aliphatic heterocycles. The van der Waals surface area contributed by atoms with Gasteiger partial charge in [0.1, 0.15) is 0 Å². The van der Waals surface area contributed by atoms with Gasteiger partial charge in [-0.1, -0.05) is 44.2 Å². The molecule has 0 spiro atoms. The van der Waals surface area contributed by atoms with Crippen LogP contribution < -0.4 is 10.6 Å². The van der Waals surface area contributed by atoms with E-state index in [1.807, 2.05) is 37.3 Å². The van der Waals surface area contributed by atoms with Crippen LogP contribution in [0.3, 0.4) is 0 Å². The Bertz CT molecular complexity index is 706. The maximum atomic E-state index is 12.4. The molecule has 0 bridgehead atoms. The Labute approximate surface area is 173 Å². The summed E-state index contributed by atoms with van der Waals surface area (Å²) in [6.45, 7) is 6.32. The van der Waals surface area contributed by atoms with E-state index in [4.69, 9.17) is 0 Å². The van der Waals surface area contributed by atoms with E-state index in [1.165, 1.54) is 0 Å². The van der Waals surface area contributed by atoms with Crippen molar-refractivity contribution in [3.8, 4) is 0 Å². The molecule has 0 aromatic heterocycles. The van der Waals surface area contributed by atoms with Gasteiger partial charge in [-0.25, -0.2) is 0 Å². The first kappa shape index (κ1) is 23.1. The van der Waals surface area contributed by atoms with Crippen LogP contribution in [0, 0.1) is 17.3 Å². The number of carboxylic acids is 1. The molecule has 1 saturated carbocycles. The fourth-order valence-electron chi connectivity index (χ4n) is 4.12. The zero-order valence-corrected chi connectivity index (χ0v) is 17.7. The summed E-state index contributed by atoms with van der Waals surface area (Å²) in [5.41, 5.74) is 0.237. The Morgan fingerprint density at radius 2 is 1.86 bits per heavy atom. The summed E-state index contributed by atoms with van der Waals surface area (Å²) in [6.07, 6.45) is 3.67. The molecule has 1 aliphatic carbocycles. The van der Waals surface area contributed by atoms with Crippen molar-refractivity contribution >= 4 is 17.7 Å². The standard InChI is InChI=1S/C23H34N2O4/c1-4-23(3,22(28)29)13-18-12-16(2)10-11-19(18)25-21(27)20(26)15-24-14-17-8-6-5-7-9-17/h5-9,16,18-19,24H,4,10-15H2,1-3H3,(H,25,27)(H,28,29). The van der Waals surface area contributed by atoms with Gasteiger partial charge in [-0.05, 0) is 56.4 Å². The summed E-state index contributed by atoms with van der Waals surface area (Å²) < 4.78 is 0. The molecular weight excluding hydrogens is 368 g/mol. The molecule has 0 heterocycles. The minimum absolute atomic E-state index is 0.0175. The lowest BCUT2D eigenvalue weighted by Crippen LogP contribution is -2.49. The zero-order chi connectivity index (χ0) is 21.4. The summed E-state index contributed by atoms with van der Waals surface area (Å²) in [4.78, 5) is 36.4. The van der Waals surface area contributed by atoms with E-state index in [1.54, 1.807) is 6.92 Å². The predicted molar refractivity (Wildman–Crippen MR) is 112 cm³/mol. The molecule has 0 saturated heterocycles. The fourth-order valence-corrected chi connectivity index (χ4v) is 4.12. The van der Waals surface area contributed by atoms with E-state index in [0.29, 0.717) is 25.3 Å². The molecule has 6 nitrogen and oxygen atoms in total. The van der Waals surface area contributed by atoms with Crippen molar-refractivity contribution in [2.24, 2.45) is 17.3 Å². The molecule has 2 rings (SSSR count). The van der Waals surface area contributed by atoms with Gasteiger partial charge in [0.15, 0.2) is 0 Å². The predicted octanol–water partition coefficient (Wildman–Crippen LogP) is 3.16. The second kappa shape index (κ2) is 10.5. The maximum absolute atomic E-state index is 12.4. The Morgan fingerprint density at radius 1 is 1.17 bits per heavy atom. The summed E-state index contributed by atoms with van der Waals surface area (Å²) in [6, 6.07) is 9.55. The van der Waals surface area contributed by atoms with Gasteiger partial charge in [-0.15, -0.1) is 0 Å². The highest BCUT2D eigenvalue weighted by Gasteiger charge is 2.39. The van der Waals surface area contributed by atoms with Crippen molar-refractivity contribution in [3.05, 3.63) is 35.9 Å². The minimum Gasteiger partial charge on any atom is -0.481 e. The first-order valence-electron chi connectivity index (χ1n) is 10.6. The fraction of sp³-hybridized carbons (Fsp3) is 0.609. The second-order valence-corrected chi connectivity index (χ2v) is 8.69. The van der Waals surface area contributed by atoms with Crippen LogP contribution in [-0.4, -0.2) is 35.4 Å². The Morgan fingerprint density at radius 3 is 2.48 bits per heavy atom. The van der Waals surface area contributed by atoms with Crippen molar-refractivity contribution in [1.82, 2.24) is 10.6 Å². The smallest absolute Gasteiger partial charge is 0.309 e. The minimum atomic E-state index is -0.814. The van der Waals surface area contributed by atoms with Crippen LogP contribution in [0.4, 0.5) is 0 Å². The van der Waals surface area contributed by atoms with E-state index >= 15 is 0 Å². The van der Waals surface area contributed by atoms with Gasteiger partial charge in [0.2, 0.25) is 5.78 Å². The van der Waals surface area contributed by atoms with Gasteiger partial charge in [0.05, 0.1) is 12.0 Å². The Kier molecular flexibility index (Phi) is 8.38. The van der Waals surface area contributed by atoms with Gasteiger partial charge in [0.25, 0.3) is 5.91 Å². The van der Waals surface area contributed by atoms with E-state index in [0.717, 1.165) is 24.8 Å². The van der Waals surface area contributed by atoms with E-state index < -0.39 is 23.1 Å². The summed E-state index contributed by atoms with van der Waals surface area (Å²) in [5.74, 6) is -1.32. The topological polar surface area (TPSA) is 95.5 Å². The SMILES string of the molecule is CCC(C)(CC1CC(C)CCC1NC(=O)C(=O)CNCc1ccccc1)C(=O)O. The van der Waals surface area contributed by atoms with Crippen LogP contribution in [0.5, 0.6) is 0 Å². The number of amides is 1. The molecule has 1 aliphatic rings. The summed E-state index contributed by atoms with van der Waals surface area (Å²) in [5, 5.41) is 15.5. The normalized spacial score (nSPS) is 23.8. The molecular formula is C23H34N2O4. The molecule has 1 aromatic carbocycles. The number of hydrogen-bond acceptors (Lipinski definition) is 4. The lowest BCUT2D eigenvalue weighted by molar-refractivity contribution is -0.149. The van der Waals surface area contributed by atoms with E-state index in [2.05, 4.69) is 17.6 Å². The maximum Gasteiger partial charge on any atom is 0.309 e. The van der Waals surface area contributed by atoms with Crippen LogP contribution in [0.15, 0.2) is 30.3 Å². The number of ketones is 1. The third-order valence-electron chi connectivity index (χ3n) is 6.28. The molecule has 1 aromatic rings. The van der Waals surface area contributed by atoms with Gasteiger partial charge < -0.3 is 15.7 Å². The number of carbonyl (C=O) groups is 3. The zero-order valence-electron chi connectivity index (χ0n) is 17.7. The largest absolute Gasteiger partial charge is 0.481 e. The summed E-state index contributed by atoms with van der Waals surface area (Å²) in [7, 11) is 0. The molecule has 1 amide bonds. The van der Waals surface area contributed by atoms with Gasteiger partial charge in [-0.2, -0.15) is 0 Å². The third-order valence-corrected chi connectivity index (χ3v) is 6.28. The number of hydrogen-bond donors (Lipinski definition) is 3. The number of rotatable bonds is 10. The van der Waals surface area contributed by atoms with Crippen molar-refractivity contribution < 1.29 is 19.5 Å². The molecule has 6 heteroatoms. The monoisotopic (exact) mass is 402 g/mol. The molecule has 29 heavy (non-hydrogen) atoms. The molecule has 4 unspecified atom stereocenters. The quantitative estimate of drug-likeness (QED) is 0.523. The van der Waals surface area contributed by atoms with Crippen LogP contribution in [0.1, 0.15) is 58.4 Å². The van der Waals surface area contributed by atoms with Gasteiger partial charge in [0, 0.05) is 12.6 Å². The number of carbonyl (C=O) groups excluding carboxylic acids is 2. The Hall–Kier alpha value is -2.21. The molecule has 0 radical (unpaired) electrons. The highest BCUT2D eigenvalue weighted by Crippen LogP contribution is 2.39. The number of benzene rings is 1. The van der Waals surface area contributed by atoms with Crippen molar-refractivity contribution in [3.63, 3.8) is 0 Å². The molecule has 160 valence electrons. The van der Waals surface area contributed by atoms with Crippen LogP contribution >= 0.6 is 0 Å². The van der Waals surface area contributed by atoms with Gasteiger partial charge in [-0.3, -0.25) is 14.4 Å². The summed E-state index contributed by atoms with van der Waals surface area (Å²) >= 11 is 0. The number of carboxylic acid groups (broad SMARTS) is 1. The molecule has 1 fully saturated rings. The lowest BCUT2D eigenvalue weighted by atomic mass is 9.69. The van der Waals surface area contributed by atoms with Crippen molar-refractivity contribution in [2.75, 3.05) is 6.54 Å². The van der Waals surface area contributed by atoms with Crippen molar-refractivity contribution in [2.45, 2.75) is 65.5 Å². The highest BCUT2D eigenvalue weighted by atomic mass is 16.4. The number of aliphatic carboxylic acids is 1. The number of nitrogens with one attached hydrogen (secondary N) is 2. The van der Waals surface area contributed by atoms with Crippen LogP contribution in [0.25, 0.3) is 0 Å². The average Bonchev–Trinajstić information content (AvgIpc) is 2.70. The lowest BCUT2D eigenvalue weighted by Gasteiger charge is -2.39. The van der Waals surface area contributed by atoms with Crippen molar-refractivity contribution in [1.29, 1.82) is 0 Å². The van der Waals surface area contributed by atoms with Gasteiger partial charge >= 0.3 is 5.97 Å². The molecule has 3 N–H and O–H groups in total. The number of Topliss-reactive ketones (excluding diaryl/α,β-unsaturated/α-hetero) is 1. The van der Waals surface area contributed by atoms with Crippen LogP contribution in [0.2, 0.25) is 0 Å². The second-order valence-electron chi connectivity index (χ2n) is 8.69. The van der Waals surface area contributed by atoms with E-state index in [-0.39, 0.29) is 18.5 Å². The van der Waals surface area contributed by atoms with Crippen LogP contribution in [-0.2, 0) is 20.9 Å². The highest BCUT2D eigenvalue weighted by molar-refractivity contribution is 6.37. The average molecular weight is 403 g/mol. The first-order chi connectivity index (χ1) is 13.7. The van der Waals surface area contributed by atoms with E-state index in [9.17, 15) is 19.5 Å². The third kappa shape index (κ3) is 6.67. The Balaban J connectivity index is 1.91. The molecule has 4 atom stereocenters. The first-order valence-corrected chi connectivity index (χ1v) is 10.6.